The van der Waals surface area contributed by atoms with Crippen LogP contribution in [-0.2, 0) is 23.8 Å². The monoisotopic (exact) mass is 484 g/mol. The van der Waals surface area contributed by atoms with Gasteiger partial charge in [-0.3, -0.25) is 9.59 Å². The minimum Gasteiger partial charge on any atom is -0.541 e. The third-order valence-electron chi connectivity index (χ3n) is 6.12. The molecule has 0 amide bonds. The minimum absolute atomic E-state index is 0.0581. The third kappa shape index (κ3) is 6.47. The number of rotatable bonds is 7. The minimum atomic E-state index is -2.21. The van der Waals surface area contributed by atoms with Crippen molar-refractivity contribution in [1.82, 2.24) is 0 Å². The number of hydrogen-bond acceptors (Lipinski definition) is 9. The topological polar surface area (TPSA) is 121 Å². The Balaban J connectivity index is 2.41. The number of carbonyl (C=O) groups excluding carboxylic acids is 2. The molecule has 0 aliphatic carbocycles. The Morgan fingerprint density at radius 1 is 1.06 bits per heavy atom. The van der Waals surface area contributed by atoms with Crippen molar-refractivity contribution < 1.29 is 43.2 Å². The molecule has 186 valence electrons. The molecule has 1 heterocycles. The van der Waals surface area contributed by atoms with E-state index >= 15 is 0 Å². The van der Waals surface area contributed by atoms with Crippen LogP contribution < -0.4 is 9.16 Å². The van der Waals surface area contributed by atoms with Crippen LogP contribution in [0.5, 0.6) is 11.5 Å². The number of methoxy groups -OCH3 is 1. The van der Waals surface area contributed by atoms with E-state index in [1.807, 2.05) is 0 Å². The van der Waals surface area contributed by atoms with E-state index in [0.717, 1.165) is 0 Å². The molecule has 0 aromatic heterocycles. The summed E-state index contributed by atoms with van der Waals surface area (Å²) in [6, 6.07) is 5.13. The van der Waals surface area contributed by atoms with Gasteiger partial charge < -0.3 is 33.6 Å². The number of hydrogen-bond donors (Lipinski definition) is 2. The van der Waals surface area contributed by atoms with E-state index in [1.54, 1.807) is 25.3 Å². The summed E-state index contributed by atoms with van der Waals surface area (Å²) >= 11 is 0. The van der Waals surface area contributed by atoms with E-state index in [0.29, 0.717) is 17.1 Å². The average molecular weight is 485 g/mol. The van der Waals surface area contributed by atoms with E-state index in [2.05, 4.69) is 33.9 Å². The molecule has 1 fully saturated rings. The van der Waals surface area contributed by atoms with Crippen molar-refractivity contribution in [2.24, 2.45) is 0 Å². The summed E-state index contributed by atoms with van der Waals surface area (Å²) in [5.41, 5.74) is 0.533. The molecule has 1 aliphatic rings. The van der Waals surface area contributed by atoms with Gasteiger partial charge in [-0.1, -0.05) is 26.8 Å². The lowest BCUT2D eigenvalue weighted by molar-refractivity contribution is -0.242. The van der Waals surface area contributed by atoms with Crippen LogP contribution in [0.25, 0.3) is 0 Å². The second-order valence-corrected chi connectivity index (χ2v) is 14.5. The average Bonchev–Trinajstić information content (AvgIpc) is 2.69. The largest absolute Gasteiger partial charge is 0.541 e. The molecule has 1 aromatic carbocycles. The Labute approximate surface area is 196 Å². The zero-order valence-electron chi connectivity index (χ0n) is 20.6. The van der Waals surface area contributed by atoms with Crippen LogP contribution in [0.2, 0.25) is 18.1 Å². The Kier molecular flexibility index (Phi) is 8.55. The summed E-state index contributed by atoms with van der Waals surface area (Å²) in [4.78, 5) is 22.8. The highest BCUT2D eigenvalue weighted by molar-refractivity contribution is 6.74. The van der Waals surface area contributed by atoms with E-state index < -0.39 is 50.8 Å². The summed E-state index contributed by atoms with van der Waals surface area (Å²) in [6.07, 6.45) is -6.03. The predicted octanol–water partition coefficient (Wildman–Crippen LogP) is 2.74. The number of ether oxygens (including phenoxy) is 4. The van der Waals surface area contributed by atoms with Gasteiger partial charge in [-0.15, -0.1) is 0 Å². The third-order valence-corrected chi connectivity index (χ3v) is 10.5. The summed E-state index contributed by atoms with van der Waals surface area (Å²) in [7, 11) is -0.668. The summed E-state index contributed by atoms with van der Waals surface area (Å²) in [5.74, 6) is -0.170. The molecule has 0 saturated carbocycles. The van der Waals surface area contributed by atoms with Gasteiger partial charge in [0.05, 0.1) is 7.11 Å². The zero-order chi connectivity index (χ0) is 25.1. The maximum atomic E-state index is 11.5. The Hall–Kier alpha value is -2.14. The first kappa shape index (κ1) is 27.1. The van der Waals surface area contributed by atoms with Gasteiger partial charge in [0, 0.05) is 13.8 Å². The van der Waals surface area contributed by atoms with Gasteiger partial charge in [0.2, 0.25) is 0 Å². The fourth-order valence-electron chi connectivity index (χ4n) is 3.26. The van der Waals surface area contributed by atoms with Crippen LogP contribution in [0, 0.1) is 0 Å². The molecular weight excluding hydrogens is 448 g/mol. The zero-order valence-corrected chi connectivity index (χ0v) is 21.6. The second-order valence-electron chi connectivity index (χ2n) is 9.73. The van der Waals surface area contributed by atoms with Crippen LogP contribution in [0.4, 0.5) is 0 Å². The van der Waals surface area contributed by atoms with Gasteiger partial charge in [0.1, 0.15) is 36.8 Å². The molecule has 9 nitrogen and oxygen atoms in total. The van der Waals surface area contributed by atoms with Gasteiger partial charge in [-0.2, -0.15) is 0 Å². The SMILES string of the molecule is COc1ccc([C@H]2O[C@H](COC(C)=O)[C@H](OC(C)=O)[C@H](O)[C@@H]2O)cc1O[Si](C)(C)C(C)(C)C. The number of esters is 2. The maximum absolute atomic E-state index is 11.5. The molecule has 2 N–H and O–H groups in total. The van der Waals surface area contributed by atoms with Gasteiger partial charge >= 0.3 is 11.9 Å². The van der Waals surface area contributed by atoms with Crippen molar-refractivity contribution in [3.8, 4) is 11.5 Å². The standard InChI is InChI=1S/C23H36O9Si/c1-13(24)29-12-18-22(30-14(2)25)20(27)19(26)21(31-18)15-9-10-16(28-6)17(11-15)32-33(7,8)23(3,4)5/h9-11,18-22,26-27H,12H2,1-8H3/t18-,19+,20-,21-,22+/m1/s1. The van der Waals surface area contributed by atoms with Gasteiger partial charge in [-0.05, 0) is 35.8 Å². The van der Waals surface area contributed by atoms with E-state index in [-0.39, 0.29) is 11.6 Å². The highest BCUT2D eigenvalue weighted by atomic mass is 28.4. The molecule has 0 spiro atoms. The molecular formula is C23H36O9Si. The molecule has 1 aromatic rings. The summed E-state index contributed by atoms with van der Waals surface area (Å²) in [5, 5.41) is 21.5. The smallest absolute Gasteiger partial charge is 0.303 e. The Bertz CT molecular complexity index is 849. The predicted molar refractivity (Wildman–Crippen MR) is 123 cm³/mol. The van der Waals surface area contributed by atoms with Crippen LogP contribution in [0.3, 0.4) is 0 Å². The quantitative estimate of drug-likeness (QED) is 0.444. The van der Waals surface area contributed by atoms with E-state index in [1.165, 1.54) is 13.8 Å². The molecule has 0 radical (unpaired) electrons. The van der Waals surface area contributed by atoms with Crippen molar-refractivity contribution >= 4 is 20.3 Å². The molecule has 1 saturated heterocycles. The lowest BCUT2D eigenvalue weighted by Gasteiger charge is -2.42. The highest BCUT2D eigenvalue weighted by Gasteiger charge is 2.47. The van der Waals surface area contributed by atoms with Crippen LogP contribution in [-0.4, -0.2) is 68.6 Å². The molecule has 5 atom stereocenters. The summed E-state index contributed by atoms with van der Waals surface area (Å²) in [6.45, 7) is 12.7. The molecule has 1 aliphatic heterocycles. The second kappa shape index (κ2) is 10.4. The first-order valence-corrected chi connectivity index (χ1v) is 13.8. The number of aliphatic hydroxyl groups excluding tert-OH is 2. The van der Waals surface area contributed by atoms with Crippen LogP contribution in [0.15, 0.2) is 18.2 Å². The molecule has 33 heavy (non-hydrogen) atoms. The van der Waals surface area contributed by atoms with Crippen LogP contribution in [0.1, 0.15) is 46.3 Å². The molecule has 0 bridgehead atoms. The number of aliphatic hydroxyl groups is 2. The van der Waals surface area contributed by atoms with Crippen molar-refractivity contribution in [1.29, 1.82) is 0 Å². The van der Waals surface area contributed by atoms with Crippen molar-refractivity contribution in [3.63, 3.8) is 0 Å². The number of benzene rings is 1. The van der Waals surface area contributed by atoms with Crippen molar-refractivity contribution in [2.45, 2.75) is 83.3 Å². The van der Waals surface area contributed by atoms with Gasteiger partial charge in [0.25, 0.3) is 8.32 Å². The Morgan fingerprint density at radius 2 is 1.70 bits per heavy atom. The summed E-state index contributed by atoms with van der Waals surface area (Å²) < 4.78 is 28.1. The van der Waals surface area contributed by atoms with Gasteiger partial charge in [-0.25, -0.2) is 0 Å². The maximum Gasteiger partial charge on any atom is 0.303 e. The normalized spacial score (nSPS) is 25.8. The van der Waals surface area contributed by atoms with Crippen molar-refractivity contribution in [2.75, 3.05) is 13.7 Å². The molecule has 10 heteroatoms. The van der Waals surface area contributed by atoms with Crippen LogP contribution >= 0.6 is 0 Å². The fourth-order valence-corrected chi connectivity index (χ4v) is 4.28. The molecule has 0 unspecified atom stereocenters. The number of carbonyl (C=O) groups is 2. The molecule has 2 rings (SSSR count). The first-order valence-electron chi connectivity index (χ1n) is 10.9. The highest BCUT2D eigenvalue weighted by Crippen LogP contribution is 2.42. The first-order chi connectivity index (χ1) is 15.2. The lowest BCUT2D eigenvalue weighted by Crippen LogP contribution is -2.57. The Morgan fingerprint density at radius 3 is 2.21 bits per heavy atom. The van der Waals surface area contributed by atoms with Crippen molar-refractivity contribution in [3.05, 3.63) is 23.8 Å². The lowest BCUT2D eigenvalue weighted by atomic mass is 9.91. The van der Waals surface area contributed by atoms with Gasteiger partial charge in [0.15, 0.2) is 11.9 Å². The van der Waals surface area contributed by atoms with E-state index in [9.17, 15) is 19.8 Å². The fraction of sp³-hybridized carbons (Fsp3) is 0.652. The van der Waals surface area contributed by atoms with E-state index in [4.69, 9.17) is 23.4 Å².